The predicted molar refractivity (Wildman–Crippen MR) is 91.5 cm³/mol. The number of hydrogen-bond donors (Lipinski definition) is 2. The Morgan fingerprint density at radius 2 is 1.87 bits per heavy atom. The van der Waals surface area contributed by atoms with Crippen molar-refractivity contribution in [2.24, 2.45) is 5.41 Å². The molecule has 3 fully saturated rings. The Morgan fingerprint density at radius 1 is 1.17 bits per heavy atom. The Balaban J connectivity index is 1.51. The van der Waals surface area contributed by atoms with Crippen LogP contribution in [0.4, 0.5) is 4.79 Å². The summed E-state index contributed by atoms with van der Waals surface area (Å²) >= 11 is 0. The Labute approximate surface area is 140 Å². The summed E-state index contributed by atoms with van der Waals surface area (Å²) in [6.45, 7) is 5.00. The predicted octanol–water partition coefficient (Wildman–Crippen LogP) is 2.51. The van der Waals surface area contributed by atoms with Crippen LogP contribution in [-0.4, -0.2) is 55.9 Å². The van der Waals surface area contributed by atoms with Gasteiger partial charge in [-0.05, 0) is 59.2 Å². The normalized spacial score (nSPS) is 31.6. The molecule has 2 saturated carbocycles. The number of likely N-dealkylation sites (tertiary alicyclic amines) is 1. The molecule has 3 aliphatic rings. The summed E-state index contributed by atoms with van der Waals surface area (Å²) in [6.07, 6.45) is 9.73. The van der Waals surface area contributed by atoms with Crippen LogP contribution in [0, 0.1) is 5.41 Å². The van der Waals surface area contributed by atoms with Gasteiger partial charge in [-0.15, -0.1) is 0 Å². The van der Waals surface area contributed by atoms with Crippen molar-refractivity contribution in [1.29, 1.82) is 0 Å². The molecule has 0 bridgehead atoms. The molecule has 0 unspecified atom stereocenters. The van der Waals surface area contributed by atoms with E-state index in [9.17, 15) is 4.79 Å². The number of carbonyl (C=O) groups is 1. The standard InChI is InChI=1S/C18H33N3O2/c1-3-23-16-13-15(18(16)9-5-4-6-10-18)20-17(22)19-14-7-11-21(2)12-8-14/h14-16H,3-13H2,1-2H3,(H2,19,20,22)/t15-,16+/m0/s1. The van der Waals surface area contributed by atoms with E-state index in [0.717, 1.165) is 39.0 Å². The van der Waals surface area contributed by atoms with Gasteiger partial charge in [-0.2, -0.15) is 0 Å². The number of amides is 2. The van der Waals surface area contributed by atoms with Crippen LogP contribution >= 0.6 is 0 Å². The lowest BCUT2D eigenvalue weighted by Gasteiger charge is -2.57. The summed E-state index contributed by atoms with van der Waals surface area (Å²) in [5.74, 6) is 0. The molecule has 23 heavy (non-hydrogen) atoms. The minimum absolute atomic E-state index is 0.0319. The maximum atomic E-state index is 12.4. The first-order chi connectivity index (χ1) is 11.1. The van der Waals surface area contributed by atoms with Crippen LogP contribution < -0.4 is 10.6 Å². The third kappa shape index (κ3) is 3.66. The first-order valence-electron chi connectivity index (χ1n) is 9.51. The van der Waals surface area contributed by atoms with Crippen molar-refractivity contribution in [3.8, 4) is 0 Å². The average molecular weight is 323 g/mol. The van der Waals surface area contributed by atoms with Gasteiger partial charge in [0.15, 0.2) is 0 Å². The van der Waals surface area contributed by atoms with Crippen LogP contribution in [0.3, 0.4) is 0 Å². The van der Waals surface area contributed by atoms with E-state index in [1.54, 1.807) is 0 Å². The van der Waals surface area contributed by atoms with E-state index in [4.69, 9.17) is 4.74 Å². The molecule has 132 valence electrons. The SMILES string of the molecule is CCO[C@@H]1C[C@H](NC(=O)NC2CCN(C)CC2)C12CCCCC2. The zero-order chi connectivity index (χ0) is 16.3. The lowest BCUT2D eigenvalue weighted by Crippen LogP contribution is -2.66. The van der Waals surface area contributed by atoms with Crippen LogP contribution in [-0.2, 0) is 4.74 Å². The number of nitrogens with one attached hydrogen (secondary N) is 2. The zero-order valence-corrected chi connectivity index (χ0v) is 14.8. The number of ether oxygens (including phenoxy) is 1. The molecule has 0 aromatic rings. The van der Waals surface area contributed by atoms with Crippen molar-refractivity contribution in [3.05, 3.63) is 0 Å². The zero-order valence-electron chi connectivity index (χ0n) is 14.8. The molecule has 0 aromatic heterocycles. The fraction of sp³-hybridized carbons (Fsp3) is 0.944. The van der Waals surface area contributed by atoms with Gasteiger partial charge in [-0.1, -0.05) is 19.3 Å². The first kappa shape index (κ1) is 17.0. The van der Waals surface area contributed by atoms with E-state index >= 15 is 0 Å². The maximum Gasteiger partial charge on any atom is 0.315 e. The highest BCUT2D eigenvalue weighted by Gasteiger charge is 2.56. The minimum Gasteiger partial charge on any atom is -0.378 e. The van der Waals surface area contributed by atoms with E-state index in [1.165, 1.54) is 32.1 Å². The summed E-state index contributed by atoms with van der Waals surface area (Å²) in [5.41, 5.74) is 0.207. The Bertz CT molecular complexity index is 401. The number of piperidine rings is 1. The number of urea groups is 1. The molecular weight excluding hydrogens is 290 g/mol. The highest BCUT2D eigenvalue weighted by Crippen LogP contribution is 2.53. The summed E-state index contributed by atoms with van der Waals surface area (Å²) in [7, 11) is 2.14. The number of hydrogen-bond acceptors (Lipinski definition) is 3. The van der Waals surface area contributed by atoms with Gasteiger partial charge in [0, 0.05) is 24.1 Å². The molecule has 2 aliphatic carbocycles. The fourth-order valence-corrected chi connectivity index (χ4v) is 4.80. The van der Waals surface area contributed by atoms with Crippen molar-refractivity contribution >= 4 is 6.03 Å². The molecule has 0 radical (unpaired) electrons. The smallest absolute Gasteiger partial charge is 0.315 e. The molecule has 3 rings (SSSR count). The Hall–Kier alpha value is -0.810. The van der Waals surface area contributed by atoms with Crippen LogP contribution in [0.2, 0.25) is 0 Å². The molecule has 1 aliphatic heterocycles. The second-order valence-electron chi connectivity index (χ2n) is 7.72. The van der Waals surface area contributed by atoms with E-state index < -0.39 is 0 Å². The van der Waals surface area contributed by atoms with Crippen molar-refractivity contribution < 1.29 is 9.53 Å². The first-order valence-corrected chi connectivity index (χ1v) is 9.51. The molecule has 2 amide bonds. The molecule has 1 spiro atoms. The summed E-state index contributed by atoms with van der Waals surface area (Å²) < 4.78 is 5.97. The summed E-state index contributed by atoms with van der Waals surface area (Å²) in [5, 5.41) is 6.47. The topological polar surface area (TPSA) is 53.6 Å². The summed E-state index contributed by atoms with van der Waals surface area (Å²) in [4.78, 5) is 14.7. The quantitative estimate of drug-likeness (QED) is 0.836. The highest BCUT2D eigenvalue weighted by molar-refractivity contribution is 5.75. The van der Waals surface area contributed by atoms with Crippen molar-refractivity contribution in [1.82, 2.24) is 15.5 Å². The molecule has 1 heterocycles. The maximum absolute atomic E-state index is 12.4. The van der Waals surface area contributed by atoms with Gasteiger partial charge in [0.2, 0.25) is 0 Å². The lowest BCUT2D eigenvalue weighted by atomic mass is 9.55. The van der Waals surface area contributed by atoms with Crippen molar-refractivity contribution in [3.63, 3.8) is 0 Å². The monoisotopic (exact) mass is 323 g/mol. The van der Waals surface area contributed by atoms with Gasteiger partial charge in [-0.3, -0.25) is 0 Å². The number of rotatable bonds is 4. The second kappa shape index (κ2) is 7.39. The van der Waals surface area contributed by atoms with Gasteiger partial charge in [0.1, 0.15) is 0 Å². The van der Waals surface area contributed by atoms with Crippen molar-refractivity contribution in [2.75, 3.05) is 26.7 Å². The highest BCUT2D eigenvalue weighted by atomic mass is 16.5. The fourth-order valence-electron chi connectivity index (χ4n) is 4.80. The third-order valence-electron chi connectivity index (χ3n) is 6.30. The average Bonchev–Trinajstić information content (AvgIpc) is 2.57. The molecule has 2 atom stereocenters. The lowest BCUT2D eigenvalue weighted by molar-refractivity contribution is -0.146. The van der Waals surface area contributed by atoms with E-state index in [0.29, 0.717) is 18.2 Å². The molecule has 5 nitrogen and oxygen atoms in total. The van der Waals surface area contributed by atoms with Crippen LogP contribution in [0.15, 0.2) is 0 Å². The molecular formula is C18H33N3O2. The van der Waals surface area contributed by atoms with Gasteiger partial charge >= 0.3 is 6.03 Å². The molecule has 0 aromatic carbocycles. The second-order valence-corrected chi connectivity index (χ2v) is 7.72. The van der Waals surface area contributed by atoms with Crippen LogP contribution in [0.1, 0.15) is 58.3 Å². The number of nitrogens with zero attached hydrogens (tertiary/aromatic N) is 1. The van der Waals surface area contributed by atoms with Crippen LogP contribution in [0.5, 0.6) is 0 Å². The Morgan fingerprint density at radius 3 is 2.52 bits per heavy atom. The van der Waals surface area contributed by atoms with E-state index in [2.05, 4.69) is 29.5 Å². The van der Waals surface area contributed by atoms with Gasteiger partial charge < -0.3 is 20.3 Å². The van der Waals surface area contributed by atoms with E-state index in [1.807, 2.05) is 0 Å². The third-order valence-corrected chi connectivity index (χ3v) is 6.30. The molecule has 2 N–H and O–H groups in total. The Kier molecular flexibility index (Phi) is 5.47. The molecule has 1 saturated heterocycles. The molecule has 5 heteroatoms. The summed E-state index contributed by atoms with van der Waals surface area (Å²) in [6, 6.07) is 0.659. The number of carbonyl (C=O) groups excluding carboxylic acids is 1. The van der Waals surface area contributed by atoms with Gasteiger partial charge in [0.05, 0.1) is 6.10 Å². The van der Waals surface area contributed by atoms with Crippen molar-refractivity contribution in [2.45, 2.75) is 76.5 Å². The minimum atomic E-state index is 0.0319. The van der Waals surface area contributed by atoms with Gasteiger partial charge in [0.25, 0.3) is 0 Å². The van der Waals surface area contributed by atoms with Crippen LogP contribution in [0.25, 0.3) is 0 Å². The largest absolute Gasteiger partial charge is 0.378 e. The van der Waals surface area contributed by atoms with E-state index in [-0.39, 0.29) is 11.4 Å². The van der Waals surface area contributed by atoms with Gasteiger partial charge in [-0.25, -0.2) is 4.79 Å².